The topological polar surface area (TPSA) is 69.9 Å². The molecule has 3 rings (SSSR count). The van der Waals surface area contributed by atoms with Gasteiger partial charge in [0.1, 0.15) is 12.1 Å². The highest BCUT2D eigenvalue weighted by atomic mass is 35.5. The van der Waals surface area contributed by atoms with Gasteiger partial charge >= 0.3 is 5.97 Å². The summed E-state index contributed by atoms with van der Waals surface area (Å²) in [7, 11) is 0. The Labute approximate surface area is 147 Å². The van der Waals surface area contributed by atoms with Crippen molar-refractivity contribution in [2.24, 2.45) is 0 Å². The van der Waals surface area contributed by atoms with E-state index in [9.17, 15) is 4.79 Å². The van der Waals surface area contributed by atoms with Crippen molar-refractivity contribution in [2.75, 3.05) is 5.75 Å². The largest absolute Gasteiger partial charge is 0.426 e. The summed E-state index contributed by atoms with van der Waals surface area (Å²) in [6.45, 7) is 0. The Bertz CT molecular complexity index is 792. The zero-order chi connectivity index (χ0) is 16.8. The van der Waals surface area contributed by atoms with E-state index in [1.54, 1.807) is 24.3 Å². The highest BCUT2D eigenvalue weighted by Crippen LogP contribution is 2.18. The summed E-state index contributed by atoms with van der Waals surface area (Å²) in [5.74, 6) is 1.20. The third-order valence-electron chi connectivity index (χ3n) is 3.08. The van der Waals surface area contributed by atoms with E-state index in [1.807, 2.05) is 24.3 Å². The molecule has 0 aliphatic rings. The van der Waals surface area contributed by atoms with Gasteiger partial charge in [-0.05, 0) is 52.4 Å². The number of benzene rings is 2. The number of hydrogen-bond donors (Lipinski definition) is 0. The van der Waals surface area contributed by atoms with Crippen molar-refractivity contribution in [2.45, 2.75) is 5.75 Å². The number of rotatable bonds is 6. The van der Waals surface area contributed by atoms with E-state index >= 15 is 0 Å². The lowest BCUT2D eigenvalue weighted by molar-refractivity contribution is -0.131. The molecule has 1 heterocycles. The number of tetrazole rings is 1. The molecule has 0 saturated carbocycles. The molecule has 0 bridgehead atoms. The van der Waals surface area contributed by atoms with Gasteiger partial charge in [0.25, 0.3) is 0 Å². The van der Waals surface area contributed by atoms with Crippen LogP contribution in [0.15, 0.2) is 54.9 Å². The maximum atomic E-state index is 11.9. The van der Waals surface area contributed by atoms with Crippen molar-refractivity contribution in [1.82, 2.24) is 20.2 Å². The fraction of sp³-hybridized carbons (Fsp3) is 0.125. The lowest BCUT2D eigenvalue weighted by atomic mass is 10.2. The molecular weight excluding hydrogens is 348 g/mol. The zero-order valence-electron chi connectivity index (χ0n) is 12.5. The molecule has 0 fully saturated rings. The number of hydrogen-bond acceptors (Lipinski definition) is 6. The Morgan fingerprint density at radius 3 is 2.54 bits per heavy atom. The number of ether oxygens (including phenoxy) is 1. The molecular formula is C16H13ClN4O2S. The average molecular weight is 361 g/mol. The summed E-state index contributed by atoms with van der Waals surface area (Å²) in [5, 5.41) is 11.6. The molecule has 8 heteroatoms. The molecule has 0 spiro atoms. The Kier molecular flexibility index (Phi) is 5.45. The second kappa shape index (κ2) is 7.94. The van der Waals surface area contributed by atoms with Crippen LogP contribution < -0.4 is 4.74 Å². The van der Waals surface area contributed by atoms with Crippen molar-refractivity contribution in [3.63, 3.8) is 0 Å². The molecule has 0 amide bonds. The van der Waals surface area contributed by atoms with E-state index in [1.165, 1.54) is 22.8 Å². The average Bonchev–Trinajstić information content (AvgIpc) is 3.12. The van der Waals surface area contributed by atoms with Crippen molar-refractivity contribution < 1.29 is 9.53 Å². The van der Waals surface area contributed by atoms with Gasteiger partial charge in [-0.15, -0.1) is 16.9 Å². The Morgan fingerprint density at radius 1 is 1.12 bits per heavy atom. The minimum Gasteiger partial charge on any atom is -0.426 e. The summed E-state index contributed by atoms with van der Waals surface area (Å²) in [6.07, 6.45) is 1.49. The van der Waals surface area contributed by atoms with Crippen LogP contribution in [0.3, 0.4) is 0 Å². The van der Waals surface area contributed by atoms with Crippen LogP contribution in [-0.4, -0.2) is 31.9 Å². The smallest absolute Gasteiger partial charge is 0.321 e. The normalized spacial score (nSPS) is 10.5. The monoisotopic (exact) mass is 360 g/mol. The minimum atomic E-state index is -0.288. The highest BCUT2D eigenvalue weighted by molar-refractivity contribution is 7.99. The van der Waals surface area contributed by atoms with Crippen molar-refractivity contribution in [3.8, 4) is 11.4 Å². The highest BCUT2D eigenvalue weighted by Gasteiger charge is 2.06. The molecule has 0 saturated heterocycles. The zero-order valence-corrected chi connectivity index (χ0v) is 14.1. The van der Waals surface area contributed by atoms with E-state index in [4.69, 9.17) is 16.3 Å². The summed E-state index contributed by atoms with van der Waals surface area (Å²) in [4.78, 5) is 11.9. The van der Waals surface area contributed by atoms with Crippen LogP contribution in [0, 0.1) is 0 Å². The summed E-state index contributed by atoms with van der Waals surface area (Å²) in [5.41, 5.74) is 1.90. The molecule has 122 valence electrons. The van der Waals surface area contributed by atoms with Crippen molar-refractivity contribution >= 4 is 29.3 Å². The molecule has 0 radical (unpaired) electrons. The van der Waals surface area contributed by atoms with Gasteiger partial charge in [0.2, 0.25) is 0 Å². The van der Waals surface area contributed by atoms with Crippen LogP contribution in [0.1, 0.15) is 5.56 Å². The molecule has 0 N–H and O–H groups in total. The van der Waals surface area contributed by atoms with E-state index < -0.39 is 0 Å². The summed E-state index contributed by atoms with van der Waals surface area (Å²) >= 11 is 7.33. The fourth-order valence-electron chi connectivity index (χ4n) is 1.94. The van der Waals surface area contributed by atoms with Crippen molar-refractivity contribution in [3.05, 3.63) is 65.4 Å². The molecule has 24 heavy (non-hydrogen) atoms. The number of halogens is 1. The second-order valence-corrected chi connectivity index (χ2v) is 6.26. The van der Waals surface area contributed by atoms with Crippen LogP contribution >= 0.6 is 23.4 Å². The second-order valence-electron chi connectivity index (χ2n) is 4.84. The van der Waals surface area contributed by atoms with Gasteiger partial charge in [0.15, 0.2) is 0 Å². The maximum Gasteiger partial charge on any atom is 0.321 e. The van der Waals surface area contributed by atoms with Crippen molar-refractivity contribution in [1.29, 1.82) is 0 Å². The summed E-state index contributed by atoms with van der Waals surface area (Å²) < 4.78 is 6.82. The maximum absolute atomic E-state index is 11.9. The van der Waals surface area contributed by atoms with Crippen LogP contribution in [0.2, 0.25) is 5.02 Å². The SMILES string of the molecule is O=C(CSCc1ccc(Cl)cc1)Oc1ccc(-n2cnnn2)cc1. The molecule has 0 unspecified atom stereocenters. The first-order chi connectivity index (χ1) is 11.7. The molecule has 1 aromatic heterocycles. The number of carbonyl (C=O) groups excluding carboxylic acids is 1. The van der Waals surface area contributed by atoms with Gasteiger partial charge in [-0.3, -0.25) is 4.79 Å². The first kappa shape index (κ1) is 16.5. The van der Waals surface area contributed by atoms with Gasteiger partial charge in [-0.2, -0.15) is 0 Å². The third-order valence-corrected chi connectivity index (χ3v) is 4.31. The number of thioether (sulfide) groups is 1. The Hall–Kier alpha value is -2.38. The molecule has 0 aliphatic heterocycles. The number of nitrogens with zero attached hydrogens (tertiary/aromatic N) is 4. The predicted molar refractivity (Wildman–Crippen MR) is 92.4 cm³/mol. The van der Waals surface area contributed by atoms with Crippen LogP contribution in [0.4, 0.5) is 0 Å². The Morgan fingerprint density at radius 2 is 1.88 bits per heavy atom. The van der Waals surface area contributed by atoms with Gasteiger partial charge in [0.05, 0.1) is 11.4 Å². The molecule has 0 atom stereocenters. The first-order valence-corrected chi connectivity index (χ1v) is 8.60. The van der Waals surface area contributed by atoms with Gasteiger partial charge in [0, 0.05) is 10.8 Å². The standard InChI is InChI=1S/C16H13ClN4O2S/c17-13-3-1-12(2-4-13)9-24-10-16(22)23-15-7-5-14(6-8-15)21-11-18-19-20-21/h1-8,11H,9-10H2. The van der Waals surface area contributed by atoms with E-state index in [2.05, 4.69) is 15.5 Å². The molecule has 2 aromatic carbocycles. The van der Waals surface area contributed by atoms with Crippen LogP contribution in [0.25, 0.3) is 5.69 Å². The fourth-order valence-corrected chi connectivity index (χ4v) is 2.82. The van der Waals surface area contributed by atoms with Gasteiger partial charge in [-0.25, -0.2) is 4.68 Å². The molecule has 0 aliphatic carbocycles. The van der Waals surface area contributed by atoms with Crippen LogP contribution in [0.5, 0.6) is 5.75 Å². The minimum absolute atomic E-state index is 0.275. The predicted octanol–water partition coefficient (Wildman–Crippen LogP) is 3.15. The number of esters is 1. The molecule has 3 aromatic rings. The van der Waals surface area contributed by atoms with E-state index in [-0.39, 0.29) is 11.7 Å². The van der Waals surface area contributed by atoms with E-state index in [0.29, 0.717) is 10.8 Å². The third kappa shape index (κ3) is 4.56. The van der Waals surface area contributed by atoms with Gasteiger partial charge in [-0.1, -0.05) is 23.7 Å². The number of carbonyl (C=O) groups is 1. The summed E-state index contributed by atoms with van der Waals surface area (Å²) in [6, 6.07) is 14.5. The van der Waals surface area contributed by atoms with Gasteiger partial charge < -0.3 is 4.74 Å². The molecule has 6 nitrogen and oxygen atoms in total. The quantitative estimate of drug-likeness (QED) is 0.497. The lowest BCUT2D eigenvalue weighted by Crippen LogP contribution is -2.11. The number of aromatic nitrogens is 4. The van der Waals surface area contributed by atoms with Crippen LogP contribution in [-0.2, 0) is 10.5 Å². The lowest BCUT2D eigenvalue weighted by Gasteiger charge is -2.06. The Balaban J connectivity index is 1.47. The van der Waals surface area contributed by atoms with E-state index in [0.717, 1.165) is 17.0 Å². The first-order valence-electron chi connectivity index (χ1n) is 7.07.